The average Bonchev–Trinajstić information content (AvgIpc) is 2.83. The number of aryl methyl sites for hydroxylation is 1. The number of hydrogen-bond donors (Lipinski definition) is 0. The Bertz CT molecular complexity index is 974. The van der Waals surface area contributed by atoms with E-state index in [1.807, 2.05) is 30.3 Å². The first-order chi connectivity index (χ1) is 15.2. The highest BCUT2D eigenvalue weighted by molar-refractivity contribution is 5.70. The Labute approximate surface area is 185 Å². The molecule has 0 bridgehead atoms. The van der Waals surface area contributed by atoms with Crippen molar-refractivity contribution in [3.8, 4) is 34.5 Å². The smallest absolute Gasteiger partial charge is 0.320 e. The molecule has 1 heterocycles. The zero-order valence-electron chi connectivity index (χ0n) is 19.1. The van der Waals surface area contributed by atoms with E-state index in [9.17, 15) is 0 Å². The maximum absolute atomic E-state index is 6.38. The van der Waals surface area contributed by atoms with E-state index >= 15 is 0 Å². The van der Waals surface area contributed by atoms with Crippen LogP contribution in [-0.4, -0.2) is 28.7 Å². The second kappa shape index (κ2) is 11.4. The van der Waals surface area contributed by atoms with Crippen molar-refractivity contribution in [1.29, 1.82) is 0 Å². The highest BCUT2D eigenvalue weighted by Gasteiger charge is 2.19. The molecule has 5 heteroatoms. The topological polar surface area (TPSA) is 57.1 Å². The van der Waals surface area contributed by atoms with Crippen LogP contribution in [0.25, 0.3) is 22.8 Å². The number of ether oxygens (including phenoxy) is 2. The Morgan fingerprint density at radius 1 is 0.774 bits per heavy atom. The first-order valence-corrected chi connectivity index (χ1v) is 11.3. The van der Waals surface area contributed by atoms with Gasteiger partial charge in [-0.25, -0.2) is 4.98 Å². The third kappa shape index (κ3) is 5.60. The maximum Gasteiger partial charge on any atom is 0.320 e. The third-order valence-electron chi connectivity index (χ3n) is 5.41. The minimum atomic E-state index is 0.301. The summed E-state index contributed by atoms with van der Waals surface area (Å²) in [4.78, 5) is 13.8. The fourth-order valence-corrected chi connectivity index (χ4v) is 3.72. The maximum atomic E-state index is 6.38. The van der Waals surface area contributed by atoms with Crippen LogP contribution in [0.15, 0.2) is 42.5 Å². The number of unbranched alkanes of at least 4 members (excludes halogenated alkanes) is 3. The first-order valence-electron chi connectivity index (χ1n) is 11.3. The standard InChI is InChI=1S/C26H33N3O2/c1-5-8-9-13-18-31-23-21(7-3)19(6-2)16-17-22(23)25-27-24(28-26(29-25)30-4)20-14-11-10-12-15-20/h10-12,14-17H,5-9,13,18H2,1-4H3. The van der Waals surface area contributed by atoms with Crippen LogP contribution in [0.2, 0.25) is 0 Å². The number of rotatable bonds is 11. The molecule has 2 aromatic carbocycles. The Morgan fingerprint density at radius 2 is 1.55 bits per heavy atom. The van der Waals surface area contributed by atoms with E-state index in [1.165, 1.54) is 30.4 Å². The number of nitrogens with zero attached hydrogens (tertiary/aromatic N) is 3. The van der Waals surface area contributed by atoms with E-state index in [0.717, 1.165) is 36.1 Å². The molecule has 0 aliphatic rings. The van der Waals surface area contributed by atoms with Crippen molar-refractivity contribution in [3.63, 3.8) is 0 Å². The third-order valence-corrected chi connectivity index (χ3v) is 5.41. The quantitative estimate of drug-likeness (QED) is 0.341. The van der Waals surface area contributed by atoms with E-state index in [2.05, 4.69) is 42.9 Å². The van der Waals surface area contributed by atoms with Gasteiger partial charge in [0.15, 0.2) is 11.6 Å². The molecule has 0 saturated carbocycles. The van der Waals surface area contributed by atoms with Crippen molar-refractivity contribution < 1.29 is 9.47 Å². The van der Waals surface area contributed by atoms with Crippen molar-refractivity contribution in [2.75, 3.05) is 13.7 Å². The molecule has 0 saturated heterocycles. The molecule has 0 amide bonds. The molecule has 0 aliphatic heterocycles. The molecule has 5 nitrogen and oxygen atoms in total. The van der Waals surface area contributed by atoms with Crippen LogP contribution in [0.5, 0.6) is 11.8 Å². The first kappa shape index (κ1) is 22.7. The predicted octanol–water partition coefficient (Wildman–Crippen LogP) is 6.30. The zero-order chi connectivity index (χ0) is 22.1. The lowest BCUT2D eigenvalue weighted by Gasteiger charge is -2.18. The Kier molecular flexibility index (Phi) is 8.39. The molecule has 0 atom stereocenters. The van der Waals surface area contributed by atoms with E-state index in [-0.39, 0.29) is 0 Å². The minimum Gasteiger partial charge on any atom is -0.493 e. The van der Waals surface area contributed by atoms with Crippen molar-refractivity contribution >= 4 is 0 Å². The van der Waals surface area contributed by atoms with E-state index in [1.54, 1.807) is 7.11 Å². The second-order valence-corrected chi connectivity index (χ2v) is 7.53. The number of benzene rings is 2. The molecule has 0 unspecified atom stereocenters. The highest BCUT2D eigenvalue weighted by atomic mass is 16.5. The number of hydrogen-bond acceptors (Lipinski definition) is 5. The van der Waals surface area contributed by atoms with Gasteiger partial charge in [0.25, 0.3) is 0 Å². The van der Waals surface area contributed by atoms with Gasteiger partial charge < -0.3 is 9.47 Å². The Morgan fingerprint density at radius 3 is 2.23 bits per heavy atom. The highest BCUT2D eigenvalue weighted by Crippen LogP contribution is 2.36. The molecular formula is C26H33N3O2. The van der Waals surface area contributed by atoms with Crippen LogP contribution >= 0.6 is 0 Å². The summed E-state index contributed by atoms with van der Waals surface area (Å²) in [6.45, 7) is 7.27. The minimum absolute atomic E-state index is 0.301. The molecular weight excluding hydrogens is 386 g/mol. The van der Waals surface area contributed by atoms with Gasteiger partial charge in [-0.1, -0.05) is 76.4 Å². The van der Waals surface area contributed by atoms with Crippen LogP contribution < -0.4 is 9.47 Å². The van der Waals surface area contributed by atoms with Gasteiger partial charge in [-0.2, -0.15) is 9.97 Å². The lowest BCUT2D eigenvalue weighted by Crippen LogP contribution is -2.07. The van der Waals surface area contributed by atoms with Crippen LogP contribution in [0.1, 0.15) is 57.6 Å². The molecule has 0 N–H and O–H groups in total. The molecule has 3 aromatic rings. The largest absolute Gasteiger partial charge is 0.493 e. The zero-order valence-corrected chi connectivity index (χ0v) is 19.1. The van der Waals surface area contributed by atoms with Gasteiger partial charge in [0.1, 0.15) is 5.75 Å². The number of methoxy groups -OCH3 is 1. The molecule has 0 spiro atoms. The molecule has 1 aromatic heterocycles. The van der Waals surface area contributed by atoms with Gasteiger partial charge in [0.2, 0.25) is 0 Å². The molecule has 164 valence electrons. The van der Waals surface area contributed by atoms with Crippen molar-refractivity contribution in [1.82, 2.24) is 15.0 Å². The summed E-state index contributed by atoms with van der Waals surface area (Å²) in [5, 5.41) is 0. The van der Waals surface area contributed by atoms with Gasteiger partial charge in [0.05, 0.1) is 19.3 Å². The summed E-state index contributed by atoms with van der Waals surface area (Å²) in [6, 6.07) is 14.4. The van der Waals surface area contributed by atoms with E-state index in [4.69, 9.17) is 14.5 Å². The lowest BCUT2D eigenvalue weighted by atomic mass is 9.97. The van der Waals surface area contributed by atoms with Gasteiger partial charge in [-0.05, 0) is 36.5 Å². The normalized spacial score (nSPS) is 10.8. The summed E-state index contributed by atoms with van der Waals surface area (Å²) in [7, 11) is 1.58. The average molecular weight is 420 g/mol. The molecule has 31 heavy (non-hydrogen) atoms. The van der Waals surface area contributed by atoms with E-state index < -0.39 is 0 Å². The fourth-order valence-electron chi connectivity index (χ4n) is 3.72. The Balaban J connectivity index is 2.06. The summed E-state index contributed by atoms with van der Waals surface area (Å²) >= 11 is 0. The Hall–Kier alpha value is -2.95. The van der Waals surface area contributed by atoms with Crippen LogP contribution in [0.4, 0.5) is 0 Å². The van der Waals surface area contributed by atoms with Crippen molar-refractivity contribution in [3.05, 3.63) is 53.6 Å². The van der Waals surface area contributed by atoms with Gasteiger partial charge >= 0.3 is 6.01 Å². The van der Waals surface area contributed by atoms with Crippen LogP contribution in [0, 0.1) is 0 Å². The van der Waals surface area contributed by atoms with Crippen LogP contribution in [-0.2, 0) is 12.8 Å². The monoisotopic (exact) mass is 419 g/mol. The molecule has 0 fully saturated rings. The summed E-state index contributed by atoms with van der Waals surface area (Å²) in [5.74, 6) is 2.06. The van der Waals surface area contributed by atoms with Gasteiger partial charge in [-0.15, -0.1) is 0 Å². The fraction of sp³-hybridized carbons (Fsp3) is 0.423. The van der Waals surface area contributed by atoms with E-state index in [0.29, 0.717) is 24.3 Å². The van der Waals surface area contributed by atoms with Crippen molar-refractivity contribution in [2.45, 2.75) is 59.3 Å². The second-order valence-electron chi connectivity index (χ2n) is 7.53. The van der Waals surface area contributed by atoms with Gasteiger partial charge in [-0.3, -0.25) is 0 Å². The summed E-state index contributed by atoms with van der Waals surface area (Å²) in [5.41, 5.74) is 4.35. The van der Waals surface area contributed by atoms with Crippen molar-refractivity contribution in [2.24, 2.45) is 0 Å². The summed E-state index contributed by atoms with van der Waals surface area (Å²) < 4.78 is 11.8. The summed E-state index contributed by atoms with van der Waals surface area (Å²) in [6.07, 6.45) is 6.53. The van der Waals surface area contributed by atoms with Gasteiger partial charge in [0, 0.05) is 5.56 Å². The lowest BCUT2D eigenvalue weighted by molar-refractivity contribution is 0.303. The molecule has 3 rings (SSSR count). The SMILES string of the molecule is CCCCCCOc1c(-c2nc(OC)nc(-c3ccccc3)n2)ccc(CC)c1CC. The number of aromatic nitrogens is 3. The molecule has 0 radical (unpaired) electrons. The molecule has 0 aliphatic carbocycles. The predicted molar refractivity (Wildman–Crippen MR) is 126 cm³/mol. The van der Waals surface area contributed by atoms with Crippen LogP contribution in [0.3, 0.4) is 0 Å².